The number of likely N-dealkylation sites (N-methyl/N-ethyl adjacent to an activating group) is 1. The highest BCUT2D eigenvalue weighted by Crippen LogP contribution is 2.05. The van der Waals surface area contributed by atoms with Crippen LogP contribution in [-0.2, 0) is 6.54 Å². The first kappa shape index (κ1) is 13.7. The summed E-state index contributed by atoms with van der Waals surface area (Å²) in [6.07, 6.45) is 1.11. The van der Waals surface area contributed by atoms with E-state index in [1.165, 1.54) is 5.56 Å². The number of nitrogens with zero attached hydrogens (tertiary/aromatic N) is 2. The van der Waals surface area contributed by atoms with Crippen LogP contribution in [0.25, 0.3) is 0 Å². The molecule has 1 aromatic rings. The van der Waals surface area contributed by atoms with Gasteiger partial charge in [0.1, 0.15) is 6.04 Å². The van der Waals surface area contributed by atoms with Gasteiger partial charge >= 0.3 is 0 Å². The van der Waals surface area contributed by atoms with Crippen molar-refractivity contribution in [3.63, 3.8) is 0 Å². The lowest BCUT2D eigenvalue weighted by molar-refractivity contribution is 0.253. The molecule has 1 aromatic carbocycles. The van der Waals surface area contributed by atoms with Crippen molar-refractivity contribution in [2.24, 2.45) is 0 Å². The molecule has 1 unspecified atom stereocenters. The fourth-order valence-corrected chi connectivity index (χ4v) is 1.85. The van der Waals surface area contributed by atoms with Crippen LogP contribution >= 0.6 is 0 Å². The van der Waals surface area contributed by atoms with Crippen molar-refractivity contribution in [1.29, 1.82) is 5.26 Å². The van der Waals surface area contributed by atoms with Crippen LogP contribution in [0.1, 0.15) is 18.9 Å². The molecule has 0 aromatic heterocycles. The van der Waals surface area contributed by atoms with E-state index in [0.717, 1.165) is 26.1 Å². The van der Waals surface area contributed by atoms with Crippen LogP contribution in [0.5, 0.6) is 0 Å². The van der Waals surface area contributed by atoms with Gasteiger partial charge in [0.15, 0.2) is 0 Å². The highest BCUT2D eigenvalue weighted by Gasteiger charge is 2.11. The van der Waals surface area contributed by atoms with Gasteiger partial charge in [0.25, 0.3) is 0 Å². The number of hydrogen-bond acceptors (Lipinski definition) is 3. The summed E-state index contributed by atoms with van der Waals surface area (Å²) in [7, 11) is 1.83. The third-order valence-electron chi connectivity index (χ3n) is 2.73. The van der Waals surface area contributed by atoms with Crippen molar-refractivity contribution in [2.75, 3.05) is 20.1 Å². The summed E-state index contributed by atoms with van der Waals surface area (Å²) in [5.74, 6) is 0. The molecule has 0 amide bonds. The van der Waals surface area contributed by atoms with Crippen molar-refractivity contribution in [3.8, 4) is 6.07 Å². The molecule has 0 aliphatic heterocycles. The molecule has 1 rings (SSSR count). The maximum Gasteiger partial charge on any atom is 0.108 e. The van der Waals surface area contributed by atoms with Gasteiger partial charge in [-0.25, -0.2) is 0 Å². The average Bonchev–Trinajstić information content (AvgIpc) is 2.37. The summed E-state index contributed by atoms with van der Waals surface area (Å²) in [6, 6.07) is 12.6. The molecule has 3 nitrogen and oxygen atoms in total. The summed E-state index contributed by atoms with van der Waals surface area (Å²) in [5, 5.41) is 12.0. The quantitative estimate of drug-likeness (QED) is 0.780. The van der Waals surface area contributed by atoms with E-state index in [9.17, 15) is 0 Å². The number of rotatable bonds is 7. The van der Waals surface area contributed by atoms with Crippen LogP contribution in [0, 0.1) is 11.3 Å². The van der Waals surface area contributed by atoms with E-state index < -0.39 is 0 Å². The van der Waals surface area contributed by atoms with Gasteiger partial charge in [-0.3, -0.25) is 4.90 Å². The SMILES string of the molecule is CCCN(Cc1ccccc1)CC(C#N)NC. The standard InChI is InChI=1S/C14H21N3/c1-3-9-17(12-14(10-15)16-2)11-13-7-5-4-6-8-13/h4-8,14,16H,3,9,11-12H2,1-2H3. The second-order valence-electron chi connectivity index (χ2n) is 4.19. The number of nitriles is 1. The van der Waals surface area contributed by atoms with Gasteiger partial charge in [0.05, 0.1) is 6.07 Å². The third kappa shape index (κ3) is 4.99. The Kier molecular flexibility index (Phi) is 6.31. The van der Waals surface area contributed by atoms with Gasteiger partial charge in [-0.2, -0.15) is 5.26 Å². The fourth-order valence-electron chi connectivity index (χ4n) is 1.85. The van der Waals surface area contributed by atoms with Gasteiger partial charge < -0.3 is 5.32 Å². The average molecular weight is 231 g/mol. The van der Waals surface area contributed by atoms with Crippen LogP contribution in [-0.4, -0.2) is 31.1 Å². The monoisotopic (exact) mass is 231 g/mol. The lowest BCUT2D eigenvalue weighted by Gasteiger charge is -2.23. The predicted octanol–water partition coefficient (Wildman–Crippen LogP) is 2.01. The summed E-state index contributed by atoms with van der Waals surface area (Å²) in [6.45, 7) is 4.87. The minimum absolute atomic E-state index is 0.0923. The zero-order valence-electron chi connectivity index (χ0n) is 10.7. The van der Waals surface area contributed by atoms with Gasteiger partial charge in [-0.05, 0) is 25.6 Å². The molecule has 0 aliphatic carbocycles. The van der Waals surface area contributed by atoms with E-state index >= 15 is 0 Å². The number of nitrogens with one attached hydrogen (secondary N) is 1. The van der Waals surface area contributed by atoms with Gasteiger partial charge in [-0.1, -0.05) is 37.3 Å². The third-order valence-corrected chi connectivity index (χ3v) is 2.73. The van der Waals surface area contributed by atoms with Crippen LogP contribution in [0.2, 0.25) is 0 Å². The Morgan fingerprint density at radius 3 is 2.59 bits per heavy atom. The van der Waals surface area contributed by atoms with Crippen molar-refractivity contribution in [1.82, 2.24) is 10.2 Å². The predicted molar refractivity (Wildman–Crippen MR) is 70.5 cm³/mol. The molecule has 3 heteroatoms. The molecule has 0 aliphatic rings. The first-order valence-corrected chi connectivity index (χ1v) is 6.13. The molecule has 17 heavy (non-hydrogen) atoms. The van der Waals surface area contributed by atoms with Gasteiger partial charge in [0.2, 0.25) is 0 Å². The molecular weight excluding hydrogens is 210 g/mol. The maximum absolute atomic E-state index is 8.97. The molecule has 0 bridgehead atoms. The first-order chi connectivity index (χ1) is 8.30. The molecule has 0 saturated carbocycles. The zero-order valence-corrected chi connectivity index (χ0v) is 10.7. The fraction of sp³-hybridized carbons (Fsp3) is 0.500. The maximum atomic E-state index is 8.97. The Labute approximate surface area is 104 Å². The lowest BCUT2D eigenvalue weighted by Crippen LogP contribution is -2.38. The second-order valence-corrected chi connectivity index (χ2v) is 4.19. The second kappa shape index (κ2) is 7.83. The van der Waals surface area contributed by atoms with Crippen LogP contribution in [0.3, 0.4) is 0 Å². The molecule has 0 fully saturated rings. The summed E-state index contributed by atoms with van der Waals surface area (Å²) in [5.41, 5.74) is 1.30. The minimum Gasteiger partial charge on any atom is -0.304 e. The summed E-state index contributed by atoms with van der Waals surface area (Å²) in [4.78, 5) is 2.32. The van der Waals surface area contributed by atoms with E-state index in [1.807, 2.05) is 13.1 Å². The highest BCUT2D eigenvalue weighted by molar-refractivity contribution is 5.14. The van der Waals surface area contributed by atoms with Crippen molar-refractivity contribution < 1.29 is 0 Å². The Balaban J connectivity index is 2.57. The Morgan fingerprint density at radius 2 is 2.06 bits per heavy atom. The van der Waals surface area contributed by atoms with Crippen LogP contribution in [0.15, 0.2) is 30.3 Å². The normalized spacial score (nSPS) is 12.4. The van der Waals surface area contributed by atoms with Crippen molar-refractivity contribution in [3.05, 3.63) is 35.9 Å². The molecule has 0 spiro atoms. The van der Waals surface area contributed by atoms with Gasteiger partial charge in [-0.15, -0.1) is 0 Å². The Bertz CT molecular complexity index is 342. The Hall–Kier alpha value is -1.37. The van der Waals surface area contributed by atoms with E-state index in [4.69, 9.17) is 5.26 Å². The summed E-state index contributed by atoms with van der Waals surface area (Å²) >= 11 is 0. The largest absolute Gasteiger partial charge is 0.304 e. The topological polar surface area (TPSA) is 39.1 Å². The van der Waals surface area contributed by atoms with Crippen molar-refractivity contribution in [2.45, 2.75) is 25.9 Å². The van der Waals surface area contributed by atoms with Crippen molar-refractivity contribution >= 4 is 0 Å². The minimum atomic E-state index is -0.0923. The molecule has 1 atom stereocenters. The van der Waals surface area contributed by atoms with E-state index in [0.29, 0.717) is 0 Å². The molecule has 0 radical (unpaired) electrons. The molecular formula is C14H21N3. The smallest absolute Gasteiger partial charge is 0.108 e. The molecule has 0 heterocycles. The number of benzene rings is 1. The van der Waals surface area contributed by atoms with E-state index in [1.54, 1.807) is 0 Å². The van der Waals surface area contributed by atoms with E-state index in [-0.39, 0.29) is 6.04 Å². The lowest BCUT2D eigenvalue weighted by atomic mass is 10.2. The van der Waals surface area contributed by atoms with Crippen LogP contribution < -0.4 is 5.32 Å². The Morgan fingerprint density at radius 1 is 1.35 bits per heavy atom. The zero-order chi connectivity index (χ0) is 12.5. The molecule has 92 valence electrons. The molecule has 0 saturated heterocycles. The summed E-state index contributed by atoms with van der Waals surface area (Å²) < 4.78 is 0. The van der Waals surface area contributed by atoms with Crippen LogP contribution in [0.4, 0.5) is 0 Å². The first-order valence-electron chi connectivity index (χ1n) is 6.13. The highest BCUT2D eigenvalue weighted by atomic mass is 15.1. The van der Waals surface area contributed by atoms with E-state index in [2.05, 4.69) is 47.5 Å². The number of hydrogen-bond donors (Lipinski definition) is 1. The van der Waals surface area contributed by atoms with Gasteiger partial charge in [0, 0.05) is 13.1 Å². The molecule has 1 N–H and O–H groups in total.